The molecule has 1 saturated heterocycles. The average Bonchev–Trinajstić information content (AvgIpc) is 3.31. The summed E-state index contributed by atoms with van der Waals surface area (Å²) in [5.41, 5.74) is 3.20. The molecule has 8 heteroatoms. The number of rotatable bonds is 6. The smallest absolute Gasteiger partial charge is 0.268 e. The zero-order chi connectivity index (χ0) is 21.8. The van der Waals surface area contributed by atoms with Crippen LogP contribution in [0.3, 0.4) is 0 Å². The molecule has 1 unspecified atom stereocenters. The first-order valence-corrected chi connectivity index (χ1v) is 11.6. The number of nitrogens with one attached hydrogen (secondary N) is 2. The van der Waals surface area contributed by atoms with Gasteiger partial charge in [0, 0.05) is 19.3 Å². The quantitative estimate of drug-likeness (QED) is 0.618. The highest BCUT2D eigenvalue weighted by Crippen LogP contribution is 2.24. The molecule has 1 amide bonds. The van der Waals surface area contributed by atoms with E-state index in [1.165, 1.54) is 16.6 Å². The minimum atomic E-state index is -3.67. The summed E-state index contributed by atoms with van der Waals surface area (Å²) in [5, 5.41) is 3.03. The molecule has 1 aliphatic rings. The number of aryl methyl sites for hydroxylation is 1. The molecule has 1 aliphatic heterocycles. The molecule has 31 heavy (non-hydrogen) atoms. The number of sulfonamides is 1. The zero-order valence-corrected chi connectivity index (χ0v) is 18.1. The zero-order valence-electron chi connectivity index (χ0n) is 17.2. The van der Waals surface area contributed by atoms with Crippen LogP contribution in [0.5, 0.6) is 0 Å². The third kappa shape index (κ3) is 4.71. The molecule has 1 aromatic heterocycles. The fourth-order valence-corrected chi connectivity index (χ4v) is 4.97. The monoisotopic (exact) mass is 439 g/mol. The Kier molecular flexibility index (Phi) is 6.22. The van der Waals surface area contributed by atoms with Crippen molar-refractivity contribution in [2.45, 2.75) is 17.9 Å². The highest BCUT2D eigenvalue weighted by atomic mass is 32.2. The van der Waals surface area contributed by atoms with Crippen molar-refractivity contribution in [3.63, 3.8) is 0 Å². The van der Waals surface area contributed by atoms with Gasteiger partial charge in [-0.15, -0.1) is 0 Å². The van der Waals surface area contributed by atoms with Crippen molar-refractivity contribution in [3.05, 3.63) is 89.2 Å². The summed E-state index contributed by atoms with van der Waals surface area (Å²) in [6.07, 6.45) is 1.36. The molecule has 3 aromatic rings. The third-order valence-electron chi connectivity index (χ3n) is 5.33. The van der Waals surface area contributed by atoms with E-state index in [1.54, 1.807) is 0 Å². The second-order valence-corrected chi connectivity index (χ2v) is 9.43. The van der Waals surface area contributed by atoms with Gasteiger partial charge in [-0.3, -0.25) is 4.79 Å². The van der Waals surface area contributed by atoms with Gasteiger partial charge < -0.3 is 15.0 Å². The van der Waals surface area contributed by atoms with Crippen LogP contribution in [0.15, 0.2) is 71.8 Å². The van der Waals surface area contributed by atoms with Crippen LogP contribution in [-0.4, -0.2) is 49.9 Å². The Balaban J connectivity index is 1.57. The number of morpholine rings is 1. The first kappa shape index (κ1) is 21.3. The largest absolute Gasteiger partial charge is 0.379 e. The molecule has 0 aliphatic carbocycles. The summed E-state index contributed by atoms with van der Waals surface area (Å²) in [7, 11) is -3.67. The van der Waals surface area contributed by atoms with Crippen molar-refractivity contribution < 1.29 is 17.9 Å². The molecule has 2 N–H and O–H groups in total. The van der Waals surface area contributed by atoms with Gasteiger partial charge in [-0.25, -0.2) is 8.42 Å². The summed E-state index contributed by atoms with van der Waals surface area (Å²) >= 11 is 0. The number of H-pyrrole nitrogens is 1. The Hall–Kier alpha value is -2.94. The number of carbonyl (C=O) groups excluding carboxylic acids is 1. The first-order valence-electron chi connectivity index (χ1n) is 10.1. The van der Waals surface area contributed by atoms with Crippen LogP contribution in [0.2, 0.25) is 0 Å². The summed E-state index contributed by atoms with van der Waals surface area (Å²) in [6, 6.07) is 18.7. The van der Waals surface area contributed by atoms with Crippen molar-refractivity contribution in [2.75, 3.05) is 26.3 Å². The minimum Gasteiger partial charge on any atom is -0.379 e. The lowest BCUT2D eigenvalue weighted by molar-refractivity contribution is 0.0730. The van der Waals surface area contributed by atoms with Crippen molar-refractivity contribution >= 4 is 15.9 Å². The van der Waals surface area contributed by atoms with Crippen LogP contribution in [0, 0.1) is 6.92 Å². The maximum absolute atomic E-state index is 13.0. The van der Waals surface area contributed by atoms with Gasteiger partial charge in [0.15, 0.2) is 0 Å². The van der Waals surface area contributed by atoms with Gasteiger partial charge in [0.25, 0.3) is 5.91 Å². The maximum Gasteiger partial charge on any atom is 0.268 e. The van der Waals surface area contributed by atoms with Gasteiger partial charge in [0.1, 0.15) is 10.6 Å². The second kappa shape index (κ2) is 9.05. The normalized spacial score (nSPS) is 16.0. The molecule has 2 heterocycles. The number of nitrogens with zero attached hydrogens (tertiary/aromatic N) is 1. The van der Waals surface area contributed by atoms with E-state index in [9.17, 15) is 13.2 Å². The Morgan fingerprint density at radius 2 is 1.68 bits per heavy atom. The molecule has 0 saturated carbocycles. The number of benzene rings is 2. The summed E-state index contributed by atoms with van der Waals surface area (Å²) < 4.78 is 32.3. The van der Waals surface area contributed by atoms with Crippen LogP contribution in [0.1, 0.15) is 33.2 Å². The number of amides is 1. The van der Waals surface area contributed by atoms with E-state index < -0.39 is 10.0 Å². The molecule has 0 radical (unpaired) electrons. The molecule has 1 fully saturated rings. The summed E-state index contributed by atoms with van der Waals surface area (Å²) in [4.78, 5) is 15.9. The van der Waals surface area contributed by atoms with E-state index in [-0.39, 0.29) is 22.5 Å². The molecule has 7 nitrogen and oxygen atoms in total. The van der Waals surface area contributed by atoms with Crippen LogP contribution >= 0.6 is 0 Å². The lowest BCUT2D eigenvalue weighted by Crippen LogP contribution is -2.40. The van der Waals surface area contributed by atoms with E-state index in [0.717, 1.165) is 16.7 Å². The van der Waals surface area contributed by atoms with E-state index in [2.05, 4.69) is 10.3 Å². The molecule has 2 aromatic carbocycles. The molecule has 1 atom stereocenters. The number of carbonyl (C=O) groups is 1. The highest BCUT2D eigenvalue weighted by Gasteiger charge is 2.28. The third-order valence-corrected chi connectivity index (χ3v) is 7.20. The second-order valence-electron chi connectivity index (χ2n) is 7.49. The van der Waals surface area contributed by atoms with Crippen molar-refractivity contribution in [1.29, 1.82) is 0 Å². The number of hydrogen-bond donors (Lipinski definition) is 2. The predicted octanol–water partition coefficient (Wildman–Crippen LogP) is 2.86. The summed E-state index contributed by atoms with van der Waals surface area (Å²) in [5.74, 6) is -0.377. The van der Waals surface area contributed by atoms with Gasteiger partial charge in [0.05, 0.1) is 19.3 Å². The molecular weight excluding hydrogens is 414 g/mol. The molecular formula is C23H25N3O4S. The van der Waals surface area contributed by atoms with Crippen molar-refractivity contribution in [3.8, 4) is 0 Å². The van der Waals surface area contributed by atoms with Crippen LogP contribution in [-0.2, 0) is 14.8 Å². The number of ether oxygens (including phenoxy) is 1. The lowest BCUT2D eigenvalue weighted by Gasteiger charge is -2.25. The van der Waals surface area contributed by atoms with Crippen LogP contribution in [0.25, 0.3) is 0 Å². The fraction of sp³-hybridized carbons (Fsp3) is 0.261. The lowest BCUT2D eigenvalue weighted by atomic mass is 9.97. The minimum absolute atomic E-state index is 0.0751. The van der Waals surface area contributed by atoms with Crippen LogP contribution in [0.4, 0.5) is 0 Å². The number of aromatic nitrogens is 1. The Morgan fingerprint density at radius 3 is 2.35 bits per heavy atom. The van der Waals surface area contributed by atoms with Gasteiger partial charge in [-0.05, 0) is 24.1 Å². The van der Waals surface area contributed by atoms with E-state index in [4.69, 9.17) is 4.74 Å². The van der Waals surface area contributed by atoms with Crippen molar-refractivity contribution in [1.82, 2.24) is 14.6 Å². The Labute approximate surface area is 182 Å². The molecule has 4 rings (SSSR count). The van der Waals surface area contributed by atoms with Gasteiger partial charge in [-0.1, -0.05) is 60.2 Å². The molecule has 162 valence electrons. The van der Waals surface area contributed by atoms with Crippen LogP contribution < -0.4 is 5.32 Å². The van der Waals surface area contributed by atoms with E-state index in [0.29, 0.717) is 26.3 Å². The first-order chi connectivity index (χ1) is 14.9. The predicted molar refractivity (Wildman–Crippen MR) is 117 cm³/mol. The average molecular weight is 440 g/mol. The van der Waals surface area contributed by atoms with E-state index in [1.807, 2.05) is 61.5 Å². The highest BCUT2D eigenvalue weighted by molar-refractivity contribution is 7.89. The maximum atomic E-state index is 13.0. The van der Waals surface area contributed by atoms with Crippen molar-refractivity contribution in [2.24, 2.45) is 0 Å². The SMILES string of the molecule is Cc1ccc(C(NC(=O)c2cc(S(=O)(=O)N3CCOCC3)c[nH]2)c2ccccc2)cc1. The van der Waals surface area contributed by atoms with Gasteiger partial charge >= 0.3 is 0 Å². The Bertz CT molecular complexity index is 1140. The molecule has 0 spiro atoms. The van der Waals surface area contributed by atoms with Gasteiger partial charge in [0.2, 0.25) is 10.0 Å². The van der Waals surface area contributed by atoms with E-state index >= 15 is 0 Å². The fourth-order valence-electron chi connectivity index (χ4n) is 3.56. The summed E-state index contributed by atoms with van der Waals surface area (Å²) in [6.45, 7) is 3.35. The number of hydrogen-bond acceptors (Lipinski definition) is 4. The Morgan fingerprint density at radius 1 is 1.03 bits per heavy atom. The standard InChI is InChI=1S/C23H25N3O4S/c1-17-7-9-19(10-8-17)22(18-5-3-2-4-6-18)25-23(27)21-15-20(16-24-21)31(28,29)26-11-13-30-14-12-26/h2-10,15-16,22,24H,11-14H2,1H3,(H,25,27). The topological polar surface area (TPSA) is 91.5 Å². The van der Waals surface area contributed by atoms with Gasteiger partial charge in [-0.2, -0.15) is 4.31 Å². The molecule has 0 bridgehead atoms. The number of aromatic amines is 1.